The predicted octanol–water partition coefficient (Wildman–Crippen LogP) is 2.37. The highest BCUT2D eigenvalue weighted by atomic mass is 35.5. The molecule has 1 fully saturated rings. The average molecular weight is 161 g/mol. The minimum atomic E-state index is 0.111. The van der Waals surface area contributed by atoms with Gasteiger partial charge in [0, 0.05) is 11.3 Å². The molecular weight excluding hydrogens is 148 g/mol. The van der Waals surface area contributed by atoms with Crippen molar-refractivity contribution in [3.05, 3.63) is 0 Å². The van der Waals surface area contributed by atoms with Crippen LogP contribution in [0.4, 0.5) is 0 Å². The summed E-state index contributed by atoms with van der Waals surface area (Å²) in [6, 6.07) is 0. The van der Waals surface area contributed by atoms with Crippen LogP contribution in [0, 0.1) is 5.92 Å². The maximum Gasteiger partial charge on any atom is 0.124 e. The van der Waals surface area contributed by atoms with Crippen molar-refractivity contribution in [1.29, 1.82) is 0 Å². The smallest absolute Gasteiger partial charge is 0.124 e. The summed E-state index contributed by atoms with van der Waals surface area (Å²) in [5.41, 5.74) is 0. The van der Waals surface area contributed by atoms with Gasteiger partial charge in [-0.25, -0.2) is 0 Å². The molecule has 0 saturated heterocycles. The lowest BCUT2D eigenvalue weighted by molar-refractivity contribution is -0.111. The Morgan fingerprint density at radius 1 is 1.20 bits per heavy atom. The summed E-state index contributed by atoms with van der Waals surface area (Å²) in [6.45, 7) is 0. The normalized spacial score (nSPS) is 34.9. The van der Waals surface area contributed by atoms with E-state index in [4.69, 9.17) is 11.6 Å². The van der Waals surface area contributed by atoms with Crippen molar-refractivity contribution in [2.24, 2.45) is 5.92 Å². The van der Waals surface area contributed by atoms with Crippen molar-refractivity contribution in [2.45, 2.75) is 37.5 Å². The first-order chi connectivity index (χ1) is 4.84. The zero-order valence-electron chi connectivity index (χ0n) is 6.05. The Hall–Kier alpha value is -0.0400. The van der Waals surface area contributed by atoms with Gasteiger partial charge in [-0.15, -0.1) is 11.6 Å². The largest absolute Gasteiger partial charge is 0.303 e. The van der Waals surface area contributed by atoms with Crippen LogP contribution in [0.1, 0.15) is 32.1 Å². The van der Waals surface area contributed by atoms with Crippen molar-refractivity contribution in [3.63, 3.8) is 0 Å². The van der Waals surface area contributed by atoms with E-state index in [0.29, 0.717) is 0 Å². The van der Waals surface area contributed by atoms with Gasteiger partial charge in [-0.1, -0.05) is 19.3 Å². The standard InChI is InChI=1S/C8H13ClO/c9-8-5-3-1-2-4-7(8)6-10/h6-8H,1-5H2. The van der Waals surface area contributed by atoms with Gasteiger partial charge in [0.1, 0.15) is 6.29 Å². The zero-order valence-corrected chi connectivity index (χ0v) is 6.81. The van der Waals surface area contributed by atoms with E-state index in [9.17, 15) is 4.79 Å². The molecule has 0 spiro atoms. The van der Waals surface area contributed by atoms with Crippen LogP contribution < -0.4 is 0 Å². The highest BCUT2D eigenvalue weighted by Gasteiger charge is 2.20. The number of carbonyl (C=O) groups is 1. The highest BCUT2D eigenvalue weighted by molar-refractivity contribution is 6.21. The molecule has 1 nitrogen and oxygen atoms in total. The van der Waals surface area contributed by atoms with Gasteiger partial charge < -0.3 is 4.79 Å². The minimum Gasteiger partial charge on any atom is -0.303 e. The van der Waals surface area contributed by atoms with Crippen LogP contribution in [0.5, 0.6) is 0 Å². The minimum absolute atomic E-state index is 0.111. The van der Waals surface area contributed by atoms with Gasteiger partial charge in [0.15, 0.2) is 0 Å². The third-order valence-electron chi connectivity index (χ3n) is 2.16. The first kappa shape index (κ1) is 8.06. The summed E-state index contributed by atoms with van der Waals surface area (Å²) in [5.74, 6) is 0.129. The fourth-order valence-corrected chi connectivity index (χ4v) is 1.78. The summed E-state index contributed by atoms with van der Waals surface area (Å²) in [7, 11) is 0. The molecule has 0 aromatic rings. The molecular formula is C8H13ClO. The van der Waals surface area contributed by atoms with E-state index in [1.807, 2.05) is 0 Å². The van der Waals surface area contributed by atoms with E-state index in [0.717, 1.165) is 19.1 Å². The van der Waals surface area contributed by atoms with E-state index in [-0.39, 0.29) is 11.3 Å². The molecule has 0 heterocycles. The van der Waals surface area contributed by atoms with E-state index in [2.05, 4.69) is 0 Å². The van der Waals surface area contributed by atoms with Crippen LogP contribution >= 0.6 is 11.6 Å². The number of carbonyl (C=O) groups excluding carboxylic acids is 1. The summed E-state index contributed by atoms with van der Waals surface area (Å²) in [6.07, 6.45) is 6.64. The maximum atomic E-state index is 10.4. The maximum absolute atomic E-state index is 10.4. The monoisotopic (exact) mass is 160 g/mol. The summed E-state index contributed by atoms with van der Waals surface area (Å²) in [5, 5.41) is 0.111. The fourth-order valence-electron chi connectivity index (χ4n) is 1.44. The predicted molar refractivity (Wildman–Crippen MR) is 42.3 cm³/mol. The van der Waals surface area contributed by atoms with Crippen molar-refractivity contribution >= 4 is 17.9 Å². The van der Waals surface area contributed by atoms with Crippen LogP contribution in [0.15, 0.2) is 0 Å². The molecule has 0 amide bonds. The van der Waals surface area contributed by atoms with Gasteiger partial charge >= 0.3 is 0 Å². The van der Waals surface area contributed by atoms with Crippen molar-refractivity contribution < 1.29 is 4.79 Å². The van der Waals surface area contributed by atoms with E-state index in [1.165, 1.54) is 19.3 Å². The highest BCUT2D eigenvalue weighted by Crippen LogP contribution is 2.25. The lowest BCUT2D eigenvalue weighted by Crippen LogP contribution is -2.13. The molecule has 0 aliphatic heterocycles. The molecule has 0 N–H and O–H groups in total. The van der Waals surface area contributed by atoms with Crippen molar-refractivity contribution in [3.8, 4) is 0 Å². The zero-order chi connectivity index (χ0) is 7.40. The Morgan fingerprint density at radius 3 is 2.60 bits per heavy atom. The molecule has 0 bridgehead atoms. The van der Waals surface area contributed by atoms with E-state index >= 15 is 0 Å². The lowest BCUT2D eigenvalue weighted by Gasteiger charge is -2.10. The van der Waals surface area contributed by atoms with Crippen LogP contribution in [0.2, 0.25) is 0 Å². The molecule has 2 atom stereocenters. The van der Waals surface area contributed by atoms with Gasteiger partial charge in [0.25, 0.3) is 0 Å². The second kappa shape index (κ2) is 3.97. The Labute approximate surface area is 66.8 Å². The molecule has 0 aromatic heterocycles. The van der Waals surface area contributed by atoms with Crippen molar-refractivity contribution in [1.82, 2.24) is 0 Å². The molecule has 2 heteroatoms. The molecule has 0 radical (unpaired) electrons. The third-order valence-corrected chi connectivity index (χ3v) is 2.70. The number of alkyl halides is 1. The third kappa shape index (κ3) is 1.98. The molecule has 1 aliphatic carbocycles. The fraction of sp³-hybridized carbons (Fsp3) is 0.875. The molecule has 1 saturated carbocycles. The molecule has 1 rings (SSSR count). The van der Waals surface area contributed by atoms with Gasteiger partial charge in [0.2, 0.25) is 0 Å². The van der Waals surface area contributed by atoms with E-state index in [1.54, 1.807) is 0 Å². The van der Waals surface area contributed by atoms with Crippen LogP contribution in [-0.4, -0.2) is 11.7 Å². The Balaban J connectivity index is 2.43. The second-order valence-corrected chi connectivity index (χ2v) is 3.51. The summed E-state index contributed by atoms with van der Waals surface area (Å²) >= 11 is 5.96. The van der Waals surface area contributed by atoms with Crippen LogP contribution in [0.3, 0.4) is 0 Å². The molecule has 10 heavy (non-hydrogen) atoms. The molecule has 58 valence electrons. The van der Waals surface area contributed by atoms with Crippen molar-refractivity contribution in [2.75, 3.05) is 0 Å². The molecule has 1 aliphatic rings. The SMILES string of the molecule is O=CC1CCCCCC1Cl. The van der Waals surface area contributed by atoms with Gasteiger partial charge in [-0.05, 0) is 12.8 Å². The first-order valence-electron chi connectivity index (χ1n) is 3.94. The number of halogens is 1. The van der Waals surface area contributed by atoms with Gasteiger partial charge in [-0.3, -0.25) is 0 Å². The van der Waals surface area contributed by atoms with E-state index < -0.39 is 0 Å². The first-order valence-corrected chi connectivity index (χ1v) is 4.37. The Bertz CT molecular complexity index is 114. The number of hydrogen-bond donors (Lipinski definition) is 0. The lowest BCUT2D eigenvalue weighted by atomic mass is 10.0. The van der Waals surface area contributed by atoms with Gasteiger partial charge in [0.05, 0.1) is 0 Å². The number of hydrogen-bond acceptors (Lipinski definition) is 1. The quantitative estimate of drug-likeness (QED) is 0.327. The summed E-state index contributed by atoms with van der Waals surface area (Å²) in [4.78, 5) is 10.4. The molecule has 0 aromatic carbocycles. The van der Waals surface area contributed by atoms with Gasteiger partial charge in [-0.2, -0.15) is 0 Å². The second-order valence-electron chi connectivity index (χ2n) is 2.95. The molecule has 2 unspecified atom stereocenters. The number of rotatable bonds is 1. The topological polar surface area (TPSA) is 17.1 Å². The summed E-state index contributed by atoms with van der Waals surface area (Å²) < 4.78 is 0. The number of aldehydes is 1. The van der Waals surface area contributed by atoms with Crippen LogP contribution in [0.25, 0.3) is 0 Å². The Kier molecular flexibility index (Phi) is 3.20. The average Bonchev–Trinajstić information content (AvgIpc) is 2.13. The Morgan fingerprint density at radius 2 is 1.90 bits per heavy atom. The van der Waals surface area contributed by atoms with Crippen LogP contribution in [-0.2, 0) is 4.79 Å².